The molecule has 1 heterocycles. The van der Waals surface area contributed by atoms with Gasteiger partial charge in [0.25, 0.3) is 5.56 Å². The SMILES string of the molecule is O=C(O)c1ccc(Cl)c(-n2c(=S)[nH]c3cc(Br)ccc3c2=O)c1. The molecular weight excluding hydrogens is 404 g/mol. The third-order valence-corrected chi connectivity index (χ3v) is 4.39. The van der Waals surface area contributed by atoms with Gasteiger partial charge in [0.2, 0.25) is 0 Å². The number of carbonyl (C=O) groups is 1. The van der Waals surface area contributed by atoms with Crippen molar-refractivity contribution in [1.29, 1.82) is 0 Å². The van der Waals surface area contributed by atoms with E-state index in [9.17, 15) is 9.59 Å². The van der Waals surface area contributed by atoms with Gasteiger partial charge in [-0.05, 0) is 48.6 Å². The maximum absolute atomic E-state index is 12.7. The fraction of sp³-hybridized carbons (Fsp3) is 0. The number of benzene rings is 2. The predicted octanol–water partition coefficient (Wildman–Crippen LogP) is 4.16. The molecule has 2 aromatic carbocycles. The number of nitrogens with one attached hydrogen (secondary N) is 1. The third kappa shape index (κ3) is 2.83. The minimum absolute atomic E-state index is 0.0154. The highest BCUT2D eigenvalue weighted by Gasteiger charge is 2.13. The van der Waals surface area contributed by atoms with Crippen LogP contribution in [0.5, 0.6) is 0 Å². The van der Waals surface area contributed by atoms with Crippen LogP contribution in [0.4, 0.5) is 0 Å². The van der Waals surface area contributed by atoms with Crippen molar-refractivity contribution >= 4 is 56.6 Å². The van der Waals surface area contributed by atoms with Gasteiger partial charge < -0.3 is 10.1 Å². The van der Waals surface area contributed by atoms with Crippen LogP contribution in [-0.4, -0.2) is 20.6 Å². The summed E-state index contributed by atoms with van der Waals surface area (Å²) in [7, 11) is 0. The maximum atomic E-state index is 12.7. The van der Waals surface area contributed by atoms with Crippen LogP contribution in [0.25, 0.3) is 16.6 Å². The lowest BCUT2D eigenvalue weighted by Gasteiger charge is -2.11. The molecule has 0 atom stereocenters. The molecule has 0 aliphatic carbocycles. The Labute approximate surface area is 148 Å². The van der Waals surface area contributed by atoms with E-state index in [4.69, 9.17) is 28.9 Å². The van der Waals surface area contributed by atoms with Crippen LogP contribution in [-0.2, 0) is 0 Å². The molecule has 0 spiro atoms. The molecule has 1 aromatic heterocycles. The van der Waals surface area contributed by atoms with Gasteiger partial charge in [-0.1, -0.05) is 27.5 Å². The largest absolute Gasteiger partial charge is 0.478 e. The van der Waals surface area contributed by atoms with Gasteiger partial charge in [0, 0.05) is 4.47 Å². The molecule has 0 aliphatic heterocycles. The van der Waals surface area contributed by atoms with Crippen molar-refractivity contribution in [2.75, 3.05) is 0 Å². The second kappa shape index (κ2) is 5.92. The fourth-order valence-corrected chi connectivity index (χ4v) is 3.08. The molecule has 0 bridgehead atoms. The molecule has 23 heavy (non-hydrogen) atoms. The first kappa shape index (κ1) is 15.9. The zero-order valence-electron chi connectivity index (χ0n) is 11.3. The van der Waals surface area contributed by atoms with Gasteiger partial charge in [-0.3, -0.25) is 9.36 Å². The Kier molecular flexibility index (Phi) is 4.09. The quantitative estimate of drug-likeness (QED) is 0.621. The van der Waals surface area contributed by atoms with E-state index in [0.29, 0.717) is 10.9 Å². The molecule has 2 N–H and O–H groups in total. The summed E-state index contributed by atoms with van der Waals surface area (Å²) in [4.78, 5) is 26.9. The number of aromatic carboxylic acids is 1. The Morgan fingerprint density at radius 1 is 1.26 bits per heavy atom. The minimum Gasteiger partial charge on any atom is -0.478 e. The maximum Gasteiger partial charge on any atom is 0.335 e. The van der Waals surface area contributed by atoms with Crippen molar-refractivity contribution in [2.45, 2.75) is 0 Å². The van der Waals surface area contributed by atoms with Gasteiger partial charge in [-0.25, -0.2) is 4.79 Å². The first-order valence-electron chi connectivity index (χ1n) is 6.36. The first-order chi connectivity index (χ1) is 10.9. The van der Waals surface area contributed by atoms with E-state index < -0.39 is 5.97 Å². The predicted molar refractivity (Wildman–Crippen MR) is 94.4 cm³/mol. The summed E-state index contributed by atoms with van der Waals surface area (Å²) in [6.07, 6.45) is 0. The molecule has 0 saturated heterocycles. The minimum atomic E-state index is -1.12. The third-order valence-electron chi connectivity index (χ3n) is 3.29. The standard InChI is InChI=1S/C15H8BrClN2O3S/c16-8-2-3-9-11(6-8)18-15(23)19(13(9)20)12-5-7(14(21)22)1-4-10(12)17/h1-6H,(H,18,23)(H,21,22). The summed E-state index contributed by atoms with van der Waals surface area (Å²) in [5.41, 5.74) is 0.445. The van der Waals surface area contributed by atoms with Crippen LogP contribution in [0.15, 0.2) is 45.7 Å². The van der Waals surface area contributed by atoms with E-state index in [1.807, 2.05) is 0 Å². The van der Waals surface area contributed by atoms with Crippen molar-refractivity contribution in [3.8, 4) is 5.69 Å². The van der Waals surface area contributed by atoms with E-state index in [2.05, 4.69) is 20.9 Å². The van der Waals surface area contributed by atoms with Crippen LogP contribution in [0.1, 0.15) is 10.4 Å². The Bertz CT molecular complexity index is 1070. The number of carboxylic acids is 1. The molecule has 0 fully saturated rings. The lowest BCUT2D eigenvalue weighted by molar-refractivity contribution is 0.0697. The molecule has 0 amide bonds. The Balaban J connectivity index is 2.40. The van der Waals surface area contributed by atoms with Crippen molar-refractivity contribution in [2.24, 2.45) is 0 Å². The topological polar surface area (TPSA) is 75.1 Å². The number of halogens is 2. The first-order valence-corrected chi connectivity index (χ1v) is 7.94. The number of fused-ring (bicyclic) bond motifs is 1. The molecule has 116 valence electrons. The van der Waals surface area contributed by atoms with Crippen LogP contribution in [0, 0.1) is 4.77 Å². The number of nitrogens with zero attached hydrogens (tertiary/aromatic N) is 1. The highest BCUT2D eigenvalue weighted by Crippen LogP contribution is 2.23. The lowest BCUT2D eigenvalue weighted by Crippen LogP contribution is -2.21. The Morgan fingerprint density at radius 3 is 2.70 bits per heavy atom. The molecule has 0 radical (unpaired) electrons. The van der Waals surface area contributed by atoms with Crippen LogP contribution in [0.2, 0.25) is 5.02 Å². The number of H-pyrrole nitrogens is 1. The second-order valence-electron chi connectivity index (χ2n) is 4.73. The average molecular weight is 412 g/mol. The van der Waals surface area contributed by atoms with Crippen LogP contribution < -0.4 is 5.56 Å². The van der Waals surface area contributed by atoms with Gasteiger partial charge in [0.1, 0.15) is 0 Å². The monoisotopic (exact) mass is 410 g/mol. The van der Waals surface area contributed by atoms with Crippen molar-refractivity contribution < 1.29 is 9.90 Å². The summed E-state index contributed by atoms with van der Waals surface area (Å²) in [6, 6.07) is 9.24. The zero-order valence-corrected chi connectivity index (χ0v) is 14.5. The van der Waals surface area contributed by atoms with Crippen LogP contribution >= 0.6 is 39.7 Å². The normalized spacial score (nSPS) is 10.9. The highest BCUT2D eigenvalue weighted by molar-refractivity contribution is 9.10. The molecular formula is C15H8BrClN2O3S. The zero-order chi connectivity index (χ0) is 16.7. The summed E-state index contributed by atoms with van der Waals surface area (Å²) in [5, 5.41) is 9.76. The lowest BCUT2D eigenvalue weighted by atomic mass is 10.2. The number of hydrogen-bond acceptors (Lipinski definition) is 3. The molecule has 0 saturated carbocycles. The van der Waals surface area contributed by atoms with E-state index in [0.717, 1.165) is 4.47 Å². The van der Waals surface area contributed by atoms with Gasteiger partial charge in [0.05, 0.1) is 27.2 Å². The summed E-state index contributed by atoms with van der Waals surface area (Å²) < 4.78 is 2.13. The smallest absolute Gasteiger partial charge is 0.335 e. The molecule has 8 heteroatoms. The highest BCUT2D eigenvalue weighted by atomic mass is 79.9. The summed E-state index contributed by atoms with van der Waals surface area (Å²) >= 11 is 14.7. The van der Waals surface area contributed by atoms with E-state index in [-0.39, 0.29) is 26.6 Å². The van der Waals surface area contributed by atoms with Gasteiger partial charge in [0.15, 0.2) is 4.77 Å². The number of hydrogen-bond donors (Lipinski definition) is 2. The van der Waals surface area contributed by atoms with Gasteiger partial charge in [-0.15, -0.1) is 0 Å². The number of rotatable bonds is 2. The molecule has 3 rings (SSSR count). The van der Waals surface area contributed by atoms with E-state index >= 15 is 0 Å². The van der Waals surface area contributed by atoms with Crippen molar-refractivity contribution in [3.63, 3.8) is 0 Å². The molecule has 3 aromatic rings. The fourth-order valence-electron chi connectivity index (χ4n) is 2.23. The van der Waals surface area contributed by atoms with Crippen LogP contribution in [0.3, 0.4) is 0 Å². The Morgan fingerprint density at radius 2 is 2.00 bits per heavy atom. The number of aromatic nitrogens is 2. The molecule has 0 aliphatic rings. The van der Waals surface area contributed by atoms with Crippen molar-refractivity contribution in [3.05, 3.63) is 66.6 Å². The molecule has 5 nitrogen and oxygen atoms in total. The second-order valence-corrected chi connectivity index (χ2v) is 6.44. The average Bonchev–Trinajstić information content (AvgIpc) is 2.48. The summed E-state index contributed by atoms with van der Waals surface area (Å²) in [5.74, 6) is -1.12. The van der Waals surface area contributed by atoms with Gasteiger partial charge >= 0.3 is 5.97 Å². The number of aromatic amines is 1. The Hall–Kier alpha value is -1.96. The van der Waals surface area contributed by atoms with Crippen molar-refractivity contribution in [1.82, 2.24) is 9.55 Å². The van der Waals surface area contributed by atoms with E-state index in [1.165, 1.54) is 22.8 Å². The van der Waals surface area contributed by atoms with Gasteiger partial charge in [-0.2, -0.15) is 0 Å². The summed E-state index contributed by atoms with van der Waals surface area (Å²) in [6.45, 7) is 0. The van der Waals surface area contributed by atoms with E-state index in [1.54, 1.807) is 18.2 Å². The number of carboxylic acid groups (broad SMARTS) is 1. The molecule has 0 unspecified atom stereocenters.